The highest BCUT2D eigenvalue weighted by atomic mass is 16.5. The number of carbonyl (C=O) groups excluding carboxylic acids is 3. The number of esters is 1. The molecule has 0 aliphatic rings. The summed E-state index contributed by atoms with van der Waals surface area (Å²) in [7, 11) is 0. The fourth-order valence-corrected chi connectivity index (χ4v) is 1.50. The lowest BCUT2D eigenvalue weighted by molar-refractivity contribution is -0.145. The summed E-state index contributed by atoms with van der Waals surface area (Å²) in [6.07, 6.45) is 0.0103. The molecule has 0 heterocycles. The molecule has 7 nitrogen and oxygen atoms in total. The molecule has 0 aliphatic heterocycles. The van der Waals surface area contributed by atoms with Crippen LogP contribution < -0.4 is 11.1 Å². The highest BCUT2D eigenvalue weighted by Crippen LogP contribution is 2.09. The average molecular weight is 274 g/mol. The molecule has 0 aromatic carbocycles. The summed E-state index contributed by atoms with van der Waals surface area (Å²) < 4.78 is 9.70. The molecule has 0 saturated heterocycles. The molecule has 0 radical (unpaired) electrons. The molecule has 0 unspecified atom stereocenters. The zero-order valence-electron chi connectivity index (χ0n) is 11.6. The molecule has 0 fully saturated rings. The number of primary amides is 1. The van der Waals surface area contributed by atoms with E-state index in [9.17, 15) is 14.4 Å². The first-order valence-corrected chi connectivity index (χ1v) is 6.24. The van der Waals surface area contributed by atoms with E-state index in [-0.39, 0.29) is 19.6 Å². The van der Waals surface area contributed by atoms with Gasteiger partial charge in [0.05, 0.1) is 13.0 Å². The summed E-state index contributed by atoms with van der Waals surface area (Å²) in [4.78, 5) is 34.1. The van der Waals surface area contributed by atoms with Crippen LogP contribution >= 0.6 is 0 Å². The van der Waals surface area contributed by atoms with Crippen LogP contribution in [0, 0.1) is 5.92 Å². The van der Waals surface area contributed by atoms with Crippen molar-refractivity contribution in [1.82, 2.24) is 5.32 Å². The van der Waals surface area contributed by atoms with Crippen LogP contribution in [0.5, 0.6) is 0 Å². The van der Waals surface area contributed by atoms with Gasteiger partial charge in [-0.1, -0.05) is 6.92 Å². The Hall–Kier alpha value is -1.63. The molecule has 0 aromatic heterocycles. The highest BCUT2D eigenvalue weighted by molar-refractivity contribution is 5.87. The predicted octanol–water partition coefficient (Wildman–Crippen LogP) is -0.418. The maximum absolute atomic E-state index is 11.5. The third-order valence-corrected chi connectivity index (χ3v) is 2.42. The molecule has 110 valence electrons. The zero-order chi connectivity index (χ0) is 14.8. The Balaban J connectivity index is 4.42. The van der Waals surface area contributed by atoms with Crippen molar-refractivity contribution in [2.45, 2.75) is 33.2 Å². The fourth-order valence-electron chi connectivity index (χ4n) is 1.50. The number of hydrogen-bond donors (Lipinski definition) is 2. The maximum atomic E-state index is 11.5. The average Bonchev–Trinajstić information content (AvgIpc) is 2.32. The SMILES string of the molecule is CCOCC(=O)N[C@@H](C(N)=O)[C@@H](C)CC(=O)OCC. The Kier molecular flexibility index (Phi) is 8.52. The van der Waals surface area contributed by atoms with Gasteiger partial charge < -0.3 is 20.5 Å². The summed E-state index contributed by atoms with van der Waals surface area (Å²) in [5, 5.41) is 2.45. The Morgan fingerprint density at radius 3 is 2.32 bits per heavy atom. The van der Waals surface area contributed by atoms with Gasteiger partial charge in [-0.15, -0.1) is 0 Å². The van der Waals surface area contributed by atoms with Crippen molar-refractivity contribution in [1.29, 1.82) is 0 Å². The van der Waals surface area contributed by atoms with E-state index in [0.29, 0.717) is 6.61 Å². The van der Waals surface area contributed by atoms with Gasteiger partial charge in [0.1, 0.15) is 12.6 Å². The molecule has 3 N–H and O–H groups in total. The van der Waals surface area contributed by atoms with Crippen LogP contribution in [0.2, 0.25) is 0 Å². The first kappa shape index (κ1) is 17.4. The number of hydrogen-bond acceptors (Lipinski definition) is 5. The summed E-state index contributed by atoms with van der Waals surface area (Å²) in [6, 6.07) is -0.919. The fraction of sp³-hybridized carbons (Fsp3) is 0.750. The second-order valence-electron chi connectivity index (χ2n) is 4.07. The Labute approximate surface area is 112 Å². The second-order valence-corrected chi connectivity index (χ2v) is 4.07. The van der Waals surface area contributed by atoms with Crippen LogP contribution in [0.3, 0.4) is 0 Å². The van der Waals surface area contributed by atoms with Gasteiger partial charge in [-0.2, -0.15) is 0 Å². The van der Waals surface area contributed by atoms with Crippen molar-refractivity contribution in [3.63, 3.8) is 0 Å². The third kappa shape index (κ3) is 7.40. The Bertz CT molecular complexity index is 319. The second kappa shape index (κ2) is 9.32. The number of rotatable bonds is 9. The first-order valence-electron chi connectivity index (χ1n) is 6.24. The quantitative estimate of drug-likeness (QED) is 0.555. The van der Waals surface area contributed by atoms with Crippen molar-refractivity contribution < 1.29 is 23.9 Å². The van der Waals surface area contributed by atoms with Crippen molar-refractivity contribution >= 4 is 17.8 Å². The summed E-state index contributed by atoms with van der Waals surface area (Å²) >= 11 is 0. The van der Waals surface area contributed by atoms with E-state index in [4.69, 9.17) is 15.2 Å². The minimum atomic E-state index is -0.919. The zero-order valence-corrected chi connectivity index (χ0v) is 11.6. The number of nitrogens with one attached hydrogen (secondary N) is 1. The molecule has 0 saturated carbocycles. The lowest BCUT2D eigenvalue weighted by Crippen LogP contribution is -2.49. The maximum Gasteiger partial charge on any atom is 0.306 e. The smallest absolute Gasteiger partial charge is 0.306 e. The minimum Gasteiger partial charge on any atom is -0.466 e. The van der Waals surface area contributed by atoms with Gasteiger partial charge >= 0.3 is 5.97 Å². The van der Waals surface area contributed by atoms with Gasteiger partial charge in [0.2, 0.25) is 11.8 Å². The molecule has 0 bridgehead atoms. The molecule has 19 heavy (non-hydrogen) atoms. The van der Waals surface area contributed by atoms with Crippen LogP contribution in [0.1, 0.15) is 27.2 Å². The Morgan fingerprint density at radius 1 is 1.21 bits per heavy atom. The normalized spacial score (nSPS) is 13.4. The topological polar surface area (TPSA) is 108 Å². The van der Waals surface area contributed by atoms with Gasteiger partial charge in [-0.05, 0) is 19.8 Å². The number of carbonyl (C=O) groups is 3. The van der Waals surface area contributed by atoms with Gasteiger partial charge in [0.15, 0.2) is 0 Å². The lowest BCUT2D eigenvalue weighted by Gasteiger charge is -2.21. The summed E-state index contributed by atoms with van der Waals surface area (Å²) in [5.74, 6) is -2.01. The van der Waals surface area contributed by atoms with Gasteiger partial charge in [0, 0.05) is 6.61 Å². The Morgan fingerprint density at radius 2 is 1.84 bits per heavy atom. The molecule has 0 aromatic rings. The van der Waals surface area contributed by atoms with Crippen LogP contribution in [0.15, 0.2) is 0 Å². The molecule has 0 aliphatic carbocycles. The van der Waals surface area contributed by atoms with Crippen LogP contribution in [-0.4, -0.2) is 43.6 Å². The van der Waals surface area contributed by atoms with E-state index in [2.05, 4.69) is 5.32 Å². The third-order valence-electron chi connectivity index (χ3n) is 2.42. The molecular formula is C12H22N2O5. The van der Waals surface area contributed by atoms with Crippen molar-refractivity contribution in [2.24, 2.45) is 11.7 Å². The minimum absolute atomic E-state index is 0.0103. The highest BCUT2D eigenvalue weighted by Gasteiger charge is 2.27. The number of amides is 2. The van der Waals surface area contributed by atoms with Gasteiger partial charge in [-0.3, -0.25) is 14.4 Å². The molecule has 2 atom stereocenters. The van der Waals surface area contributed by atoms with Gasteiger partial charge in [-0.25, -0.2) is 0 Å². The molecule has 2 amide bonds. The lowest BCUT2D eigenvalue weighted by atomic mass is 9.97. The molecule has 0 spiro atoms. The molecule has 7 heteroatoms. The summed E-state index contributed by atoms with van der Waals surface area (Å²) in [6.45, 7) is 5.61. The predicted molar refractivity (Wildman–Crippen MR) is 68.0 cm³/mol. The van der Waals surface area contributed by atoms with Crippen LogP contribution in [0.4, 0.5) is 0 Å². The first-order chi connectivity index (χ1) is 8.92. The van der Waals surface area contributed by atoms with Crippen LogP contribution in [-0.2, 0) is 23.9 Å². The van der Waals surface area contributed by atoms with E-state index in [1.54, 1.807) is 20.8 Å². The standard InChI is InChI=1S/C12H22N2O5/c1-4-18-7-9(15)14-11(12(13)17)8(3)6-10(16)19-5-2/h8,11H,4-7H2,1-3H3,(H2,13,17)(H,14,15)/t8-,11+/m0/s1. The van der Waals surface area contributed by atoms with Crippen molar-refractivity contribution in [3.05, 3.63) is 0 Å². The van der Waals surface area contributed by atoms with E-state index < -0.39 is 29.7 Å². The van der Waals surface area contributed by atoms with Gasteiger partial charge in [0.25, 0.3) is 0 Å². The largest absolute Gasteiger partial charge is 0.466 e. The van der Waals surface area contributed by atoms with Crippen molar-refractivity contribution in [2.75, 3.05) is 19.8 Å². The number of nitrogens with two attached hydrogens (primary N) is 1. The molecular weight excluding hydrogens is 252 g/mol. The van der Waals surface area contributed by atoms with E-state index >= 15 is 0 Å². The monoisotopic (exact) mass is 274 g/mol. The molecule has 0 rings (SSSR count). The van der Waals surface area contributed by atoms with E-state index in [1.807, 2.05) is 0 Å². The number of ether oxygens (including phenoxy) is 2. The van der Waals surface area contributed by atoms with Crippen LogP contribution in [0.25, 0.3) is 0 Å². The van der Waals surface area contributed by atoms with E-state index in [0.717, 1.165) is 0 Å². The van der Waals surface area contributed by atoms with E-state index in [1.165, 1.54) is 0 Å². The summed E-state index contributed by atoms with van der Waals surface area (Å²) in [5.41, 5.74) is 5.22. The van der Waals surface area contributed by atoms with Crippen molar-refractivity contribution in [3.8, 4) is 0 Å².